The predicted octanol–water partition coefficient (Wildman–Crippen LogP) is 15.1. The smallest absolute Gasteiger partial charge is 0.235 e. The molecule has 0 saturated carbocycles. The Morgan fingerprint density at radius 1 is 0.306 bits per heavy atom. The molecule has 13 rings (SSSR count). The Kier molecular flexibility index (Phi) is 7.57. The molecule has 0 bridgehead atoms. The minimum atomic E-state index is 0.649. The first-order valence-corrected chi connectivity index (χ1v) is 21.2. The molecule has 0 unspecified atom stereocenters. The third kappa shape index (κ3) is 5.27. The Morgan fingerprint density at radius 3 is 1.65 bits per heavy atom. The molecule has 3 heterocycles. The molecule has 3 aromatic heterocycles. The number of fused-ring (bicyclic) bond motifs is 10. The highest BCUT2D eigenvalue weighted by Gasteiger charge is 2.22. The van der Waals surface area contributed by atoms with Crippen molar-refractivity contribution >= 4 is 76.1 Å². The lowest BCUT2D eigenvalue weighted by atomic mass is 9.94. The molecule has 0 aliphatic carbocycles. The summed E-state index contributed by atoms with van der Waals surface area (Å²) in [4.78, 5) is 10.9. The molecule has 13 aromatic rings. The second kappa shape index (κ2) is 13.6. The Labute approximate surface area is 357 Å². The van der Waals surface area contributed by atoms with E-state index in [4.69, 9.17) is 9.97 Å². The number of benzene rings is 10. The van der Waals surface area contributed by atoms with Crippen LogP contribution in [0, 0.1) is 0 Å². The van der Waals surface area contributed by atoms with E-state index in [1.54, 1.807) is 0 Å². The predicted molar refractivity (Wildman–Crippen MR) is 260 cm³/mol. The maximum Gasteiger partial charge on any atom is 0.235 e. The summed E-state index contributed by atoms with van der Waals surface area (Å²) < 4.78 is 4.68. The lowest BCUT2D eigenvalue weighted by molar-refractivity contribution is 1.02. The van der Waals surface area contributed by atoms with Crippen LogP contribution >= 0.6 is 0 Å². The van der Waals surface area contributed by atoms with Gasteiger partial charge < -0.3 is 4.57 Å². The minimum Gasteiger partial charge on any atom is -0.309 e. The largest absolute Gasteiger partial charge is 0.309 e. The molecule has 0 aliphatic rings. The van der Waals surface area contributed by atoms with E-state index in [1.807, 2.05) is 0 Å². The van der Waals surface area contributed by atoms with Crippen molar-refractivity contribution in [2.75, 3.05) is 0 Å². The van der Waals surface area contributed by atoms with Gasteiger partial charge in [0.25, 0.3) is 0 Å². The maximum absolute atomic E-state index is 5.52. The molecule has 0 amide bonds. The topological polar surface area (TPSA) is 35.6 Å². The third-order valence-electron chi connectivity index (χ3n) is 12.7. The van der Waals surface area contributed by atoms with E-state index in [-0.39, 0.29) is 0 Å². The van der Waals surface area contributed by atoms with E-state index in [9.17, 15) is 0 Å². The Balaban J connectivity index is 1.04. The van der Waals surface area contributed by atoms with Crippen LogP contribution in [-0.2, 0) is 0 Å². The van der Waals surface area contributed by atoms with Crippen LogP contribution in [0.25, 0.3) is 121 Å². The number of hydrogen-bond donors (Lipinski definition) is 0. The van der Waals surface area contributed by atoms with Gasteiger partial charge in [0.2, 0.25) is 5.95 Å². The lowest BCUT2D eigenvalue weighted by Gasteiger charge is -2.14. The summed E-state index contributed by atoms with van der Waals surface area (Å²) >= 11 is 0. The summed E-state index contributed by atoms with van der Waals surface area (Å²) in [6.07, 6.45) is 0. The summed E-state index contributed by atoms with van der Waals surface area (Å²) in [6, 6.07) is 78.6. The maximum atomic E-state index is 5.52. The molecule has 0 radical (unpaired) electrons. The van der Waals surface area contributed by atoms with Crippen molar-refractivity contribution in [2.24, 2.45) is 0 Å². The highest BCUT2D eigenvalue weighted by Crippen LogP contribution is 2.43. The summed E-state index contributed by atoms with van der Waals surface area (Å²) in [5, 5.41) is 10.5. The van der Waals surface area contributed by atoms with Gasteiger partial charge in [-0.05, 0) is 93.0 Å². The summed E-state index contributed by atoms with van der Waals surface area (Å²) in [5.41, 5.74) is 13.3. The Hall–Kier alpha value is -8.34. The number of aromatic nitrogens is 4. The van der Waals surface area contributed by atoms with Gasteiger partial charge in [-0.3, -0.25) is 4.57 Å². The molecule has 0 aliphatic heterocycles. The van der Waals surface area contributed by atoms with Crippen LogP contribution in [0.1, 0.15) is 0 Å². The molecule has 4 heteroatoms. The molecular formula is C58H36N4. The molecule has 0 atom stereocenters. The van der Waals surface area contributed by atoms with Crippen molar-refractivity contribution in [1.82, 2.24) is 19.1 Å². The van der Waals surface area contributed by atoms with Gasteiger partial charge >= 0.3 is 0 Å². The summed E-state index contributed by atoms with van der Waals surface area (Å²) in [6.45, 7) is 0. The van der Waals surface area contributed by atoms with E-state index in [0.29, 0.717) is 5.95 Å². The van der Waals surface area contributed by atoms with E-state index < -0.39 is 0 Å². The van der Waals surface area contributed by atoms with Crippen molar-refractivity contribution in [3.8, 4) is 45.1 Å². The molecule has 0 fully saturated rings. The van der Waals surface area contributed by atoms with Gasteiger partial charge in [-0.2, -0.15) is 0 Å². The first-order valence-electron chi connectivity index (χ1n) is 21.2. The molecule has 0 saturated heterocycles. The second-order valence-electron chi connectivity index (χ2n) is 16.2. The van der Waals surface area contributed by atoms with Crippen LogP contribution in [0.4, 0.5) is 0 Å². The fourth-order valence-corrected chi connectivity index (χ4v) is 9.85. The van der Waals surface area contributed by atoms with Gasteiger partial charge in [0.1, 0.15) is 0 Å². The van der Waals surface area contributed by atoms with Gasteiger partial charge in [0, 0.05) is 43.6 Å². The fourth-order valence-electron chi connectivity index (χ4n) is 9.85. The molecule has 0 N–H and O–H groups in total. The van der Waals surface area contributed by atoms with Gasteiger partial charge in [0.05, 0.1) is 33.3 Å². The van der Waals surface area contributed by atoms with Crippen LogP contribution in [0.15, 0.2) is 218 Å². The second-order valence-corrected chi connectivity index (χ2v) is 16.2. The van der Waals surface area contributed by atoms with Crippen molar-refractivity contribution in [3.05, 3.63) is 218 Å². The van der Waals surface area contributed by atoms with Crippen LogP contribution in [0.3, 0.4) is 0 Å². The molecule has 4 nitrogen and oxygen atoms in total. The van der Waals surface area contributed by atoms with Gasteiger partial charge in [-0.25, -0.2) is 9.97 Å². The first-order chi connectivity index (χ1) is 30.7. The van der Waals surface area contributed by atoms with Crippen LogP contribution in [-0.4, -0.2) is 19.1 Å². The number of hydrogen-bond acceptors (Lipinski definition) is 2. The zero-order chi connectivity index (χ0) is 40.7. The molecule has 0 spiro atoms. The summed E-state index contributed by atoms with van der Waals surface area (Å²) in [7, 11) is 0. The molecular weight excluding hydrogens is 753 g/mol. The highest BCUT2D eigenvalue weighted by atomic mass is 15.2. The molecule has 10 aromatic carbocycles. The normalized spacial score (nSPS) is 11.9. The number of nitrogens with zero attached hydrogens (tertiary/aromatic N) is 4. The van der Waals surface area contributed by atoms with E-state index in [2.05, 4.69) is 228 Å². The van der Waals surface area contributed by atoms with Crippen molar-refractivity contribution in [2.45, 2.75) is 0 Å². The van der Waals surface area contributed by atoms with Gasteiger partial charge in [-0.1, -0.05) is 164 Å². The molecule has 62 heavy (non-hydrogen) atoms. The Morgan fingerprint density at radius 2 is 0.871 bits per heavy atom. The SMILES string of the molecule is c1ccc(-c2ccc3cc(-c4nc(-n5c6ccccc6c6cc(-c7ccc8c9ccccc9n(-c9ccccc9)c8c7)c7ccccc7c65)nc5ccccc45)ccc3c2)cc1. The van der Waals surface area contributed by atoms with Gasteiger partial charge in [-0.15, -0.1) is 0 Å². The fraction of sp³-hybridized carbons (Fsp3) is 0. The van der Waals surface area contributed by atoms with E-state index in [1.165, 1.54) is 60.2 Å². The molecule has 288 valence electrons. The average molecular weight is 789 g/mol. The third-order valence-corrected chi connectivity index (χ3v) is 12.7. The van der Waals surface area contributed by atoms with Crippen molar-refractivity contribution in [3.63, 3.8) is 0 Å². The average Bonchev–Trinajstić information content (AvgIpc) is 3.86. The van der Waals surface area contributed by atoms with Gasteiger partial charge in [0.15, 0.2) is 0 Å². The van der Waals surface area contributed by atoms with Crippen LogP contribution < -0.4 is 0 Å². The lowest BCUT2D eigenvalue weighted by Crippen LogP contribution is -2.04. The quantitative estimate of drug-likeness (QED) is 0.174. The minimum absolute atomic E-state index is 0.649. The summed E-state index contributed by atoms with van der Waals surface area (Å²) in [5.74, 6) is 0.649. The number of rotatable bonds is 5. The van der Waals surface area contributed by atoms with E-state index in [0.717, 1.165) is 55.0 Å². The number of para-hydroxylation sites is 4. The zero-order valence-corrected chi connectivity index (χ0v) is 33.6. The van der Waals surface area contributed by atoms with Crippen molar-refractivity contribution < 1.29 is 0 Å². The van der Waals surface area contributed by atoms with Crippen LogP contribution in [0.5, 0.6) is 0 Å². The standard InChI is InChI=1S/C58H36N4/c1-3-15-37(16-4-1)38-27-28-40-34-42(30-29-39(40)33-38)56-49-23-9-12-24-52(49)59-58(60-56)62-54-26-14-11-21-46(54)51-36-50(44-19-7-8-22-48(44)57(51)62)41-31-32-47-45-20-10-13-25-53(45)61(55(47)35-41)43-17-5-2-6-18-43/h1-36H. The Bertz CT molecular complexity index is 3920. The monoisotopic (exact) mass is 788 g/mol. The zero-order valence-electron chi connectivity index (χ0n) is 33.6. The first kappa shape index (κ1) is 34.5. The van der Waals surface area contributed by atoms with Crippen LogP contribution in [0.2, 0.25) is 0 Å². The van der Waals surface area contributed by atoms with E-state index >= 15 is 0 Å². The van der Waals surface area contributed by atoms with Crippen molar-refractivity contribution in [1.29, 1.82) is 0 Å². The highest BCUT2D eigenvalue weighted by molar-refractivity contribution is 6.22.